The third-order valence-corrected chi connectivity index (χ3v) is 3.24. The van der Waals surface area contributed by atoms with E-state index in [0.717, 1.165) is 18.4 Å². The predicted molar refractivity (Wildman–Crippen MR) is 80.5 cm³/mol. The van der Waals surface area contributed by atoms with Crippen LogP contribution in [0.5, 0.6) is 0 Å². The second-order valence-electron chi connectivity index (χ2n) is 5.80. The smallest absolute Gasteiger partial charge is 0.220 e. The molecule has 4 heteroatoms. The van der Waals surface area contributed by atoms with Crippen LogP contribution in [-0.4, -0.2) is 28.1 Å². The number of benzene rings is 1. The van der Waals surface area contributed by atoms with Crippen molar-refractivity contribution < 1.29 is 9.90 Å². The molecule has 1 heterocycles. The lowest BCUT2D eigenvalue weighted by molar-refractivity contribution is -0.122. The topological polar surface area (TPSA) is 65.1 Å². The molecule has 4 nitrogen and oxygen atoms in total. The second-order valence-corrected chi connectivity index (χ2v) is 5.80. The van der Waals surface area contributed by atoms with Crippen molar-refractivity contribution in [3.8, 4) is 0 Å². The molecule has 20 heavy (non-hydrogen) atoms. The van der Waals surface area contributed by atoms with Crippen LogP contribution in [0.2, 0.25) is 0 Å². The summed E-state index contributed by atoms with van der Waals surface area (Å²) in [6.45, 7) is 3.65. The number of rotatable bonds is 6. The van der Waals surface area contributed by atoms with E-state index in [1.807, 2.05) is 18.3 Å². The Hall–Kier alpha value is -1.81. The number of nitrogens with one attached hydrogen (secondary N) is 2. The lowest BCUT2D eigenvalue weighted by atomic mass is 10.1. The van der Waals surface area contributed by atoms with E-state index in [0.29, 0.717) is 13.0 Å². The largest absolute Gasteiger partial charge is 0.389 e. The van der Waals surface area contributed by atoms with Crippen molar-refractivity contribution in [2.75, 3.05) is 6.54 Å². The number of fused-ring (bicyclic) bond motifs is 1. The van der Waals surface area contributed by atoms with E-state index in [1.165, 1.54) is 10.9 Å². The Morgan fingerprint density at radius 2 is 2.10 bits per heavy atom. The fourth-order valence-electron chi connectivity index (χ4n) is 2.18. The maximum Gasteiger partial charge on any atom is 0.220 e. The molecule has 3 N–H and O–H groups in total. The minimum Gasteiger partial charge on any atom is -0.389 e. The first-order chi connectivity index (χ1) is 9.46. The molecule has 108 valence electrons. The molecule has 1 aromatic heterocycles. The maximum atomic E-state index is 11.7. The molecule has 0 aliphatic rings. The van der Waals surface area contributed by atoms with Gasteiger partial charge in [0, 0.05) is 30.1 Å². The van der Waals surface area contributed by atoms with E-state index in [4.69, 9.17) is 0 Å². The van der Waals surface area contributed by atoms with Crippen LogP contribution in [0, 0.1) is 0 Å². The van der Waals surface area contributed by atoms with E-state index >= 15 is 0 Å². The summed E-state index contributed by atoms with van der Waals surface area (Å²) >= 11 is 0. The van der Waals surface area contributed by atoms with Gasteiger partial charge >= 0.3 is 0 Å². The van der Waals surface area contributed by atoms with Crippen molar-refractivity contribution in [1.82, 2.24) is 10.3 Å². The monoisotopic (exact) mass is 274 g/mol. The molecule has 0 radical (unpaired) electrons. The molecule has 0 unspecified atom stereocenters. The summed E-state index contributed by atoms with van der Waals surface area (Å²) < 4.78 is 0. The van der Waals surface area contributed by atoms with Crippen LogP contribution >= 0.6 is 0 Å². The molecule has 1 amide bonds. The van der Waals surface area contributed by atoms with E-state index in [-0.39, 0.29) is 5.91 Å². The van der Waals surface area contributed by atoms with E-state index < -0.39 is 5.60 Å². The van der Waals surface area contributed by atoms with Crippen LogP contribution < -0.4 is 5.32 Å². The number of amides is 1. The van der Waals surface area contributed by atoms with Crippen molar-refractivity contribution >= 4 is 16.8 Å². The van der Waals surface area contributed by atoms with Gasteiger partial charge in [-0.25, -0.2) is 0 Å². The minimum atomic E-state index is -0.855. The lowest BCUT2D eigenvalue weighted by Gasteiger charge is -2.17. The number of aromatic amines is 1. The number of carbonyl (C=O) groups is 1. The molecular weight excluding hydrogens is 252 g/mol. The highest BCUT2D eigenvalue weighted by Gasteiger charge is 2.13. The Balaban J connectivity index is 1.80. The zero-order chi connectivity index (χ0) is 14.6. The molecule has 0 saturated carbocycles. The Morgan fingerprint density at radius 3 is 2.85 bits per heavy atom. The molecule has 0 aliphatic carbocycles. The minimum absolute atomic E-state index is 0.00744. The van der Waals surface area contributed by atoms with Gasteiger partial charge in [0.05, 0.1) is 5.60 Å². The molecule has 0 bridgehead atoms. The molecule has 0 spiro atoms. The van der Waals surface area contributed by atoms with Crippen LogP contribution in [0.1, 0.15) is 32.3 Å². The SMILES string of the molecule is CC(C)(O)CNC(=O)CCCc1c[nH]c2ccccc12. The van der Waals surface area contributed by atoms with Crippen molar-refractivity contribution in [2.24, 2.45) is 0 Å². The lowest BCUT2D eigenvalue weighted by Crippen LogP contribution is -2.38. The molecule has 0 fully saturated rings. The zero-order valence-corrected chi connectivity index (χ0v) is 12.1. The molecular formula is C16H22N2O2. The summed E-state index contributed by atoms with van der Waals surface area (Å²) in [7, 11) is 0. The van der Waals surface area contributed by atoms with Gasteiger partial charge in [0.25, 0.3) is 0 Å². The average Bonchev–Trinajstić information content (AvgIpc) is 2.79. The molecule has 0 aliphatic heterocycles. The normalized spacial score (nSPS) is 11.8. The first kappa shape index (κ1) is 14.6. The first-order valence-electron chi connectivity index (χ1n) is 7.00. The summed E-state index contributed by atoms with van der Waals surface area (Å²) in [5, 5.41) is 13.5. The summed E-state index contributed by atoms with van der Waals surface area (Å²) in [6.07, 6.45) is 4.18. The fourth-order valence-corrected chi connectivity index (χ4v) is 2.18. The fraction of sp³-hybridized carbons (Fsp3) is 0.438. The highest BCUT2D eigenvalue weighted by atomic mass is 16.3. The Morgan fingerprint density at radius 1 is 1.35 bits per heavy atom. The van der Waals surface area contributed by atoms with E-state index in [1.54, 1.807) is 13.8 Å². The van der Waals surface area contributed by atoms with Crippen LogP contribution in [0.3, 0.4) is 0 Å². The number of carbonyl (C=O) groups excluding carboxylic acids is 1. The van der Waals surface area contributed by atoms with E-state index in [9.17, 15) is 9.90 Å². The first-order valence-corrected chi connectivity index (χ1v) is 7.00. The van der Waals surface area contributed by atoms with Gasteiger partial charge in [0.2, 0.25) is 5.91 Å². The Labute approximate surface area is 119 Å². The number of H-pyrrole nitrogens is 1. The van der Waals surface area contributed by atoms with Crippen molar-refractivity contribution in [1.29, 1.82) is 0 Å². The third-order valence-electron chi connectivity index (χ3n) is 3.24. The molecule has 2 rings (SSSR count). The molecule has 0 saturated heterocycles. The van der Waals surface area contributed by atoms with Gasteiger partial charge in [-0.3, -0.25) is 4.79 Å². The molecule has 0 atom stereocenters. The quantitative estimate of drug-likeness (QED) is 0.757. The van der Waals surface area contributed by atoms with Gasteiger partial charge < -0.3 is 15.4 Å². The number of aryl methyl sites for hydroxylation is 1. The van der Waals surface area contributed by atoms with Crippen LogP contribution in [-0.2, 0) is 11.2 Å². The summed E-state index contributed by atoms with van der Waals surface area (Å²) in [6, 6.07) is 8.17. The van der Waals surface area contributed by atoms with Gasteiger partial charge in [-0.2, -0.15) is 0 Å². The molecule has 1 aromatic carbocycles. The van der Waals surface area contributed by atoms with E-state index in [2.05, 4.69) is 22.4 Å². The van der Waals surface area contributed by atoms with Gasteiger partial charge in [0.1, 0.15) is 0 Å². The third kappa shape index (κ3) is 4.10. The average molecular weight is 274 g/mol. The number of aliphatic hydroxyl groups is 1. The van der Waals surface area contributed by atoms with Gasteiger partial charge in [-0.1, -0.05) is 18.2 Å². The number of aromatic nitrogens is 1. The molecule has 2 aromatic rings. The Kier molecular flexibility index (Phi) is 4.45. The van der Waals surface area contributed by atoms with Crippen molar-refractivity contribution in [3.05, 3.63) is 36.0 Å². The summed E-state index contributed by atoms with van der Waals surface area (Å²) in [4.78, 5) is 14.9. The van der Waals surface area contributed by atoms with Gasteiger partial charge in [0.15, 0.2) is 0 Å². The highest BCUT2D eigenvalue weighted by Crippen LogP contribution is 2.19. The zero-order valence-electron chi connectivity index (χ0n) is 12.1. The highest BCUT2D eigenvalue weighted by molar-refractivity contribution is 5.83. The van der Waals surface area contributed by atoms with Crippen molar-refractivity contribution in [2.45, 2.75) is 38.7 Å². The van der Waals surface area contributed by atoms with Crippen LogP contribution in [0.4, 0.5) is 0 Å². The number of hydrogen-bond acceptors (Lipinski definition) is 2. The van der Waals surface area contributed by atoms with Crippen LogP contribution in [0.25, 0.3) is 10.9 Å². The standard InChI is InChI=1S/C16H22N2O2/c1-16(2,20)11-18-15(19)9-5-6-12-10-17-14-8-4-3-7-13(12)14/h3-4,7-8,10,17,20H,5-6,9,11H2,1-2H3,(H,18,19). The number of para-hydroxylation sites is 1. The second kappa shape index (κ2) is 6.09. The maximum absolute atomic E-state index is 11.7. The van der Waals surface area contributed by atoms with Crippen LogP contribution in [0.15, 0.2) is 30.5 Å². The number of hydrogen-bond donors (Lipinski definition) is 3. The summed E-state index contributed by atoms with van der Waals surface area (Å²) in [5.41, 5.74) is 1.52. The Bertz CT molecular complexity index is 581. The van der Waals surface area contributed by atoms with Gasteiger partial charge in [-0.05, 0) is 38.3 Å². The summed E-state index contributed by atoms with van der Waals surface area (Å²) in [5.74, 6) is -0.00744. The predicted octanol–water partition coefficient (Wildman–Crippen LogP) is 2.38. The van der Waals surface area contributed by atoms with Gasteiger partial charge in [-0.15, -0.1) is 0 Å². The van der Waals surface area contributed by atoms with Crippen molar-refractivity contribution in [3.63, 3.8) is 0 Å².